The lowest BCUT2D eigenvalue weighted by atomic mass is 10.0. The fraction of sp³-hybridized carbons (Fsp3) is 0.357. The molecule has 108 valence electrons. The Morgan fingerprint density at radius 3 is 2.90 bits per heavy atom. The second-order valence-corrected chi connectivity index (χ2v) is 6.58. The number of halogens is 2. The molecule has 0 fully saturated rings. The van der Waals surface area contributed by atoms with Crippen molar-refractivity contribution >= 4 is 55.3 Å². The van der Waals surface area contributed by atoms with E-state index in [0.717, 1.165) is 24.7 Å². The molecule has 2 N–H and O–H groups in total. The summed E-state index contributed by atoms with van der Waals surface area (Å²) in [6.45, 7) is 4.25. The minimum atomic E-state index is -0.00778. The monoisotopic (exact) mass is 450 g/mol. The Bertz CT molecular complexity index is 654. The number of nitrogens with one attached hydrogen (secondary N) is 2. The van der Waals surface area contributed by atoms with Crippen molar-refractivity contribution in [3.63, 3.8) is 0 Å². The minimum absolute atomic E-state index is 0.00778. The van der Waals surface area contributed by atoms with E-state index in [9.17, 15) is 4.79 Å². The lowest BCUT2D eigenvalue weighted by molar-refractivity contribution is -0.119. The van der Waals surface area contributed by atoms with Gasteiger partial charge in [-0.25, -0.2) is 0 Å². The molecule has 1 aromatic heterocycles. The molecule has 0 aliphatic carbocycles. The zero-order valence-corrected chi connectivity index (χ0v) is 15.3. The number of methoxy groups -OCH3 is 1. The zero-order chi connectivity index (χ0) is 14.9. The molecule has 1 atom stereocenters. The minimum Gasteiger partial charge on any atom is -0.496 e. The molecule has 4 nitrogen and oxygen atoms in total. The average molecular weight is 451 g/mol. The molecule has 0 saturated heterocycles. The van der Waals surface area contributed by atoms with E-state index in [-0.39, 0.29) is 11.8 Å². The maximum absolute atomic E-state index is 11.0. The van der Waals surface area contributed by atoms with Crippen LogP contribution in [0.1, 0.15) is 25.3 Å². The van der Waals surface area contributed by atoms with E-state index in [4.69, 9.17) is 4.74 Å². The van der Waals surface area contributed by atoms with Crippen molar-refractivity contribution in [2.45, 2.75) is 19.8 Å². The normalized spacial score (nSPS) is 12.4. The number of hydrogen-bond acceptors (Lipinski definition) is 2. The lowest BCUT2D eigenvalue weighted by Gasteiger charge is -2.12. The van der Waals surface area contributed by atoms with E-state index in [1.54, 1.807) is 7.11 Å². The highest BCUT2D eigenvalue weighted by atomic mass is 127. The molecule has 0 saturated carbocycles. The molecule has 1 amide bonds. The van der Waals surface area contributed by atoms with Crippen LogP contribution >= 0.6 is 38.5 Å². The Balaban J connectivity index is 2.45. The van der Waals surface area contributed by atoms with Gasteiger partial charge in [-0.05, 0) is 50.2 Å². The van der Waals surface area contributed by atoms with Crippen LogP contribution in [0.5, 0.6) is 5.75 Å². The highest BCUT2D eigenvalue weighted by Gasteiger charge is 2.17. The second kappa shape index (κ2) is 6.34. The predicted octanol–water partition coefficient (Wildman–Crippen LogP) is 3.78. The first-order chi connectivity index (χ1) is 9.45. The fourth-order valence-corrected chi connectivity index (χ4v) is 3.35. The summed E-state index contributed by atoms with van der Waals surface area (Å²) < 4.78 is 7.45. The van der Waals surface area contributed by atoms with Crippen molar-refractivity contribution in [2.75, 3.05) is 13.7 Å². The maximum atomic E-state index is 11.0. The van der Waals surface area contributed by atoms with E-state index in [1.807, 2.05) is 12.3 Å². The molecule has 2 rings (SSSR count). The largest absolute Gasteiger partial charge is 0.496 e. The third-order valence-electron chi connectivity index (χ3n) is 3.26. The van der Waals surface area contributed by atoms with Crippen molar-refractivity contribution < 1.29 is 9.53 Å². The van der Waals surface area contributed by atoms with Crippen LogP contribution in [-0.4, -0.2) is 24.5 Å². The summed E-state index contributed by atoms with van der Waals surface area (Å²) in [5, 5.41) is 3.99. The summed E-state index contributed by atoms with van der Waals surface area (Å²) >= 11 is 5.84. The van der Waals surface area contributed by atoms with Crippen LogP contribution in [0.3, 0.4) is 0 Å². The standard InChI is InChI=1S/C14H16BrIN2O2/c1-7(5-17-8(2)19)10-6-18-14-9(10)4-11(20-3)12(15)13(14)16/h4,6-7,18H,5H2,1-3H3,(H,17,19). The van der Waals surface area contributed by atoms with Crippen LogP contribution in [0.4, 0.5) is 0 Å². The number of H-pyrrole nitrogens is 1. The summed E-state index contributed by atoms with van der Waals surface area (Å²) in [5.74, 6) is 1.04. The number of rotatable bonds is 4. The van der Waals surface area contributed by atoms with E-state index in [0.29, 0.717) is 6.54 Å². The SMILES string of the molecule is COc1cc2c(C(C)CNC(C)=O)c[nH]c2c(I)c1Br. The van der Waals surface area contributed by atoms with E-state index in [1.165, 1.54) is 12.5 Å². The van der Waals surface area contributed by atoms with Crippen molar-refractivity contribution in [3.05, 3.63) is 25.9 Å². The third-order valence-corrected chi connectivity index (χ3v) is 5.87. The third kappa shape index (κ3) is 2.95. The van der Waals surface area contributed by atoms with Gasteiger partial charge in [0, 0.05) is 31.0 Å². The quantitative estimate of drug-likeness (QED) is 0.696. The van der Waals surface area contributed by atoms with Gasteiger partial charge < -0.3 is 15.0 Å². The molecule has 6 heteroatoms. The van der Waals surface area contributed by atoms with Crippen molar-refractivity contribution in [3.8, 4) is 5.75 Å². The summed E-state index contributed by atoms with van der Waals surface area (Å²) in [7, 11) is 1.66. The van der Waals surface area contributed by atoms with Crippen LogP contribution in [0.2, 0.25) is 0 Å². The van der Waals surface area contributed by atoms with Crippen molar-refractivity contribution in [2.24, 2.45) is 0 Å². The Kier molecular flexibility index (Phi) is 4.95. The summed E-state index contributed by atoms with van der Waals surface area (Å²) in [4.78, 5) is 14.3. The Hall–Kier alpha value is -0.760. The fourth-order valence-electron chi connectivity index (χ4n) is 2.16. The molecule has 1 unspecified atom stereocenters. The van der Waals surface area contributed by atoms with Crippen LogP contribution in [0, 0.1) is 3.57 Å². The first kappa shape index (κ1) is 15.6. The predicted molar refractivity (Wildman–Crippen MR) is 92.4 cm³/mol. The van der Waals surface area contributed by atoms with Crippen molar-refractivity contribution in [1.29, 1.82) is 0 Å². The van der Waals surface area contributed by atoms with E-state index in [2.05, 4.69) is 55.7 Å². The molecule has 0 aliphatic heterocycles. The first-order valence-corrected chi connectivity index (χ1v) is 8.10. The molecule has 1 heterocycles. The number of benzene rings is 1. The number of aromatic amines is 1. The Labute approximate surface area is 139 Å². The van der Waals surface area contributed by atoms with Crippen LogP contribution in [0.15, 0.2) is 16.7 Å². The highest BCUT2D eigenvalue weighted by molar-refractivity contribution is 14.1. The number of ether oxygens (including phenoxy) is 1. The molecule has 1 aromatic carbocycles. The van der Waals surface area contributed by atoms with Crippen LogP contribution in [0.25, 0.3) is 10.9 Å². The maximum Gasteiger partial charge on any atom is 0.216 e. The van der Waals surface area contributed by atoms with Gasteiger partial charge in [0.05, 0.1) is 20.7 Å². The smallest absolute Gasteiger partial charge is 0.216 e. The van der Waals surface area contributed by atoms with Gasteiger partial charge in [0.25, 0.3) is 0 Å². The van der Waals surface area contributed by atoms with Crippen LogP contribution < -0.4 is 10.1 Å². The average Bonchev–Trinajstić information content (AvgIpc) is 2.83. The summed E-state index contributed by atoms with van der Waals surface area (Å²) in [5.41, 5.74) is 2.26. The van der Waals surface area contributed by atoms with Gasteiger partial charge >= 0.3 is 0 Å². The number of amides is 1. The number of carbonyl (C=O) groups excluding carboxylic acids is 1. The van der Waals surface area contributed by atoms with Gasteiger partial charge in [-0.2, -0.15) is 0 Å². The van der Waals surface area contributed by atoms with Crippen molar-refractivity contribution in [1.82, 2.24) is 10.3 Å². The van der Waals surface area contributed by atoms with Gasteiger partial charge in [-0.1, -0.05) is 6.92 Å². The van der Waals surface area contributed by atoms with Gasteiger partial charge in [0.2, 0.25) is 5.91 Å². The summed E-state index contributed by atoms with van der Waals surface area (Å²) in [6, 6.07) is 2.03. The molecule has 0 spiro atoms. The van der Waals surface area contributed by atoms with Crippen LogP contribution in [-0.2, 0) is 4.79 Å². The molecule has 0 radical (unpaired) electrons. The van der Waals surface area contributed by atoms with Gasteiger partial charge in [0.1, 0.15) is 5.75 Å². The molecule has 20 heavy (non-hydrogen) atoms. The zero-order valence-electron chi connectivity index (χ0n) is 11.5. The molecule has 0 bridgehead atoms. The molecular weight excluding hydrogens is 435 g/mol. The number of fused-ring (bicyclic) bond motifs is 1. The van der Waals surface area contributed by atoms with E-state index >= 15 is 0 Å². The summed E-state index contributed by atoms with van der Waals surface area (Å²) in [6.07, 6.45) is 2.01. The lowest BCUT2D eigenvalue weighted by Crippen LogP contribution is -2.24. The molecular formula is C14H16BrIN2O2. The molecule has 2 aromatic rings. The second-order valence-electron chi connectivity index (χ2n) is 4.71. The number of aromatic nitrogens is 1. The van der Waals surface area contributed by atoms with E-state index < -0.39 is 0 Å². The Morgan fingerprint density at radius 2 is 2.30 bits per heavy atom. The highest BCUT2D eigenvalue weighted by Crippen LogP contribution is 2.38. The number of carbonyl (C=O) groups is 1. The molecule has 0 aliphatic rings. The van der Waals surface area contributed by atoms with Gasteiger partial charge in [0.15, 0.2) is 0 Å². The number of hydrogen-bond donors (Lipinski definition) is 2. The first-order valence-electron chi connectivity index (χ1n) is 6.23. The van der Waals surface area contributed by atoms with Gasteiger partial charge in [-0.3, -0.25) is 4.79 Å². The Morgan fingerprint density at radius 1 is 1.60 bits per heavy atom. The topological polar surface area (TPSA) is 54.1 Å². The van der Waals surface area contributed by atoms with Gasteiger partial charge in [-0.15, -0.1) is 0 Å².